The van der Waals surface area contributed by atoms with Gasteiger partial charge >= 0.3 is 0 Å². The Balaban J connectivity index is 2.24. The highest BCUT2D eigenvalue weighted by atomic mass is 19.1. The predicted octanol–water partition coefficient (Wildman–Crippen LogP) is 2.78. The molecule has 0 aliphatic rings. The minimum atomic E-state index is -0.434. The number of rotatable bonds is 3. The van der Waals surface area contributed by atoms with Crippen LogP contribution in [0.25, 0.3) is 0 Å². The van der Waals surface area contributed by atoms with Crippen molar-refractivity contribution in [2.24, 2.45) is 5.73 Å². The summed E-state index contributed by atoms with van der Waals surface area (Å²) in [6.45, 7) is 2.22. The monoisotopic (exact) mass is 232 g/mol. The second kappa shape index (κ2) is 4.93. The molecule has 0 aliphatic heterocycles. The highest BCUT2D eigenvalue weighted by Crippen LogP contribution is 2.24. The van der Waals surface area contributed by atoms with Crippen LogP contribution in [0.15, 0.2) is 36.5 Å². The van der Waals surface area contributed by atoms with Crippen LogP contribution in [-0.4, -0.2) is 4.98 Å². The molecule has 0 bridgehead atoms. The van der Waals surface area contributed by atoms with Gasteiger partial charge in [0.1, 0.15) is 0 Å². The van der Waals surface area contributed by atoms with Crippen molar-refractivity contribution in [2.45, 2.75) is 13.5 Å². The van der Waals surface area contributed by atoms with Gasteiger partial charge in [0.15, 0.2) is 11.6 Å². The number of hydrogen-bond donors (Lipinski definition) is 1. The molecule has 2 N–H and O–H groups in total. The van der Waals surface area contributed by atoms with Crippen LogP contribution in [0.3, 0.4) is 0 Å². The molecule has 0 aliphatic carbocycles. The van der Waals surface area contributed by atoms with Gasteiger partial charge in [-0.3, -0.25) is 0 Å². The van der Waals surface area contributed by atoms with E-state index in [1.807, 2.05) is 13.0 Å². The number of nitrogens with two attached hydrogens (primary N) is 1. The highest BCUT2D eigenvalue weighted by Gasteiger charge is 2.06. The summed E-state index contributed by atoms with van der Waals surface area (Å²) in [4.78, 5) is 4.00. The number of aryl methyl sites for hydroxylation is 1. The first kappa shape index (κ1) is 11.5. The van der Waals surface area contributed by atoms with Crippen molar-refractivity contribution in [1.82, 2.24) is 4.98 Å². The van der Waals surface area contributed by atoms with E-state index in [4.69, 9.17) is 10.5 Å². The van der Waals surface area contributed by atoms with Crippen LogP contribution < -0.4 is 10.5 Å². The van der Waals surface area contributed by atoms with E-state index < -0.39 is 5.82 Å². The van der Waals surface area contributed by atoms with Crippen LogP contribution in [0.2, 0.25) is 0 Å². The topological polar surface area (TPSA) is 48.1 Å². The average Bonchev–Trinajstić information content (AvgIpc) is 2.32. The molecule has 17 heavy (non-hydrogen) atoms. The molecule has 1 heterocycles. The first-order chi connectivity index (χ1) is 8.19. The zero-order chi connectivity index (χ0) is 12.3. The summed E-state index contributed by atoms with van der Waals surface area (Å²) in [5, 5.41) is 0. The lowest BCUT2D eigenvalue weighted by Gasteiger charge is -2.07. The molecule has 0 radical (unpaired) electrons. The molecule has 1 aromatic carbocycles. The smallest absolute Gasteiger partial charge is 0.219 e. The summed E-state index contributed by atoms with van der Waals surface area (Å²) >= 11 is 0. The Kier molecular flexibility index (Phi) is 3.35. The fourth-order valence-corrected chi connectivity index (χ4v) is 1.43. The molecule has 0 unspecified atom stereocenters. The summed E-state index contributed by atoms with van der Waals surface area (Å²) in [7, 11) is 0. The third kappa shape index (κ3) is 2.79. The maximum absolute atomic E-state index is 13.6. The molecule has 1 aromatic heterocycles. The van der Waals surface area contributed by atoms with E-state index in [9.17, 15) is 4.39 Å². The molecule has 0 saturated carbocycles. The van der Waals surface area contributed by atoms with Gasteiger partial charge in [0.2, 0.25) is 5.88 Å². The number of benzene rings is 1. The zero-order valence-electron chi connectivity index (χ0n) is 9.48. The van der Waals surface area contributed by atoms with E-state index in [1.165, 1.54) is 6.07 Å². The molecule has 88 valence electrons. The molecule has 0 atom stereocenters. The number of ether oxygens (including phenoxy) is 1. The van der Waals surface area contributed by atoms with Gasteiger partial charge in [0.05, 0.1) is 0 Å². The maximum atomic E-state index is 13.6. The Morgan fingerprint density at radius 2 is 2.12 bits per heavy atom. The lowest BCUT2D eigenvalue weighted by atomic mass is 10.2. The minimum absolute atomic E-state index is 0.153. The first-order valence-electron chi connectivity index (χ1n) is 5.28. The van der Waals surface area contributed by atoms with Crippen molar-refractivity contribution in [3.05, 3.63) is 53.5 Å². The van der Waals surface area contributed by atoms with Gasteiger partial charge in [-0.05, 0) is 36.2 Å². The van der Waals surface area contributed by atoms with Crippen LogP contribution in [-0.2, 0) is 6.54 Å². The third-order valence-electron chi connectivity index (χ3n) is 2.34. The second-order valence-corrected chi connectivity index (χ2v) is 3.74. The van der Waals surface area contributed by atoms with E-state index in [0.29, 0.717) is 12.4 Å². The van der Waals surface area contributed by atoms with Crippen molar-refractivity contribution >= 4 is 0 Å². The highest BCUT2D eigenvalue weighted by molar-refractivity contribution is 5.32. The Hall–Kier alpha value is -1.94. The van der Waals surface area contributed by atoms with Gasteiger partial charge in [-0.1, -0.05) is 6.07 Å². The van der Waals surface area contributed by atoms with Crippen LogP contribution >= 0.6 is 0 Å². The molecule has 0 spiro atoms. The van der Waals surface area contributed by atoms with Gasteiger partial charge < -0.3 is 10.5 Å². The van der Waals surface area contributed by atoms with Crippen molar-refractivity contribution in [1.29, 1.82) is 0 Å². The van der Waals surface area contributed by atoms with E-state index in [0.717, 1.165) is 11.1 Å². The van der Waals surface area contributed by atoms with Crippen LogP contribution in [0.4, 0.5) is 4.39 Å². The van der Waals surface area contributed by atoms with Crippen molar-refractivity contribution in [3.63, 3.8) is 0 Å². The Labute approximate surface area is 99.1 Å². The molecule has 2 rings (SSSR count). The molecule has 4 heteroatoms. The number of nitrogens with zero attached hydrogens (tertiary/aromatic N) is 1. The lowest BCUT2D eigenvalue weighted by molar-refractivity contribution is 0.426. The second-order valence-electron chi connectivity index (χ2n) is 3.74. The summed E-state index contributed by atoms with van der Waals surface area (Å²) in [6, 6.07) is 8.25. The summed E-state index contributed by atoms with van der Waals surface area (Å²) in [5.41, 5.74) is 7.16. The van der Waals surface area contributed by atoms with Crippen LogP contribution in [0.1, 0.15) is 11.1 Å². The zero-order valence-corrected chi connectivity index (χ0v) is 9.48. The minimum Gasteiger partial charge on any atom is -0.436 e. The van der Waals surface area contributed by atoms with Crippen molar-refractivity contribution in [2.75, 3.05) is 0 Å². The number of aromatic nitrogens is 1. The standard InChI is InChI=1S/C13H13FN2O/c1-9-4-5-16-13(6-9)17-12-3-2-10(8-15)7-11(12)14/h2-7H,8,15H2,1H3. The van der Waals surface area contributed by atoms with Crippen molar-refractivity contribution < 1.29 is 9.13 Å². The van der Waals surface area contributed by atoms with Crippen LogP contribution in [0.5, 0.6) is 11.6 Å². The largest absolute Gasteiger partial charge is 0.436 e. The summed E-state index contributed by atoms with van der Waals surface area (Å²) in [5.74, 6) is 0.0981. The SMILES string of the molecule is Cc1ccnc(Oc2ccc(CN)cc2F)c1. The molecule has 0 amide bonds. The number of halogens is 1. The Morgan fingerprint density at radius 3 is 2.76 bits per heavy atom. The van der Waals surface area contributed by atoms with E-state index in [2.05, 4.69) is 4.98 Å². The van der Waals surface area contributed by atoms with E-state index in [-0.39, 0.29) is 5.75 Å². The van der Waals surface area contributed by atoms with Gasteiger partial charge in [0.25, 0.3) is 0 Å². The molecule has 0 saturated heterocycles. The fraction of sp³-hybridized carbons (Fsp3) is 0.154. The number of hydrogen-bond acceptors (Lipinski definition) is 3. The van der Waals surface area contributed by atoms with E-state index in [1.54, 1.807) is 24.4 Å². The molecular weight excluding hydrogens is 219 g/mol. The van der Waals surface area contributed by atoms with Crippen molar-refractivity contribution in [3.8, 4) is 11.6 Å². The molecule has 3 nitrogen and oxygen atoms in total. The first-order valence-corrected chi connectivity index (χ1v) is 5.28. The Morgan fingerprint density at radius 1 is 1.29 bits per heavy atom. The fourth-order valence-electron chi connectivity index (χ4n) is 1.43. The third-order valence-corrected chi connectivity index (χ3v) is 2.34. The number of pyridine rings is 1. The summed E-state index contributed by atoms with van der Waals surface area (Å²) < 4.78 is 19.0. The molecule has 2 aromatic rings. The normalized spacial score (nSPS) is 10.3. The molecular formula is C13H13FN2O. The predicted molar refractivity (Wildman–Crippen MR) is 63.3 cm³/mol. The van der Waals surface area contributed by atoms with Gasteiger partial charge in [-0.25, -0.2) is 9.37 Å². The van der Waals surface area contributed by atoms with Gasteiger partial charge in [-0.2, -0.15) is 0 Å². The van der Waals surface area contributed by atoms with E-state index >= 15 is 0 Å². The lowest BCUT2D eigenvalue weighted by Crippen LogP contribution is -1.98. The average molecular weight is 232 g/mol. The Bertz CT molecular complexity index is 529. The van der Waals surface area contributed by atoms with Crippen LogP contribution in [0, 0.1) is 12.7 Å². The van der Waals surface area contributed by atoms with Gasteiger partial charge in [-0.15, -0.1) is 0 Å². The van der Waals surface area contributed by atoms with Gasteiger partial charge in [0, 0.05) is 18.8 Å². The summed E-state index contributed by atoms with van der Waals surface area (Å²) in [6.07, 6.45) is 1.62. The maximum Gasteiger partial charge on any atom is 0.219 e. The quantitative estimate of drug-likeness (QED) is 0.885. The molecule has 0 fully saturated rings.